The van der Waals surface area contributed by atoms with E-state index in [0.29, 0.717) is 11.4 Å². The molecule has 4 heteroatoms. The number of aromatic nitrogens is 3. The number of aromatic hydroxyl groups is 1. The molecule has 0 aliphatic rings. The third kappa shape index (κ3) is 8.14. The van der Waals surface area contributed by atoms with Crippen LogP contribution in [0.5, 0.6) is 5.75 Å². The fourth-order valence-corrected chi connectivity index (χ4v) is 4.76. The molecule has 0 saturated carbocycles. The number of nitrogens with zero attached hydrogens (tertiary/aromatic N) is 3. The zero-order valence-electron chi connectivity index (χ0n) is 21.6. The van der Waals surface area contributed by atoms with Crippen LogP contribution in [-0.4, -0.2) is 20.1 Å². The first-order chi connectivity index (χ1) is 16.7. The molecule has 0 spiro atoms. The Balaban J connectivity index is 1.67. The molecule has 1 N–H and O–H groups in total. The van der Waals surface area contributed by atoms with Gasteiger partial charge in [0, 0.05) is 0 Å². The molecule has 0 aliphatic carbocycles. The maximum absolute atomic E-state index is 11.2. The predicted octanol–water partition coefficient (Wildman–Crippen LogP) is 8.71. The Kier molecular flexibility index (Phi) is 11.4. The van der Waals surface area contributed by atoms with Crippen molar-refractivity contribution < 1.29 is 5.11 Å². The number of rotatable bonds is 17. The van der Waals surface area contributed by atoms with E-state index in [0.717, 1.165) is 35.9 Å². The SMILES string of the molecule is CCCCCCCCCCc1cc(CCCCCCCC)cc(-n2nc3ccccc3n2)c1O. The van der Waals surface area contributed by atoms with E-state index in [1.807, 2.05) is 24.3 Å². The molecule has 2 aromatic carbocycles. The van der Waals surface area contributed by atoms with Gasteiger partial charge in [0.05, 0.1) is 0 Å². The Morgan fingerprint density at radius 1 is 0.647 bits per heavy atom. The van der Waals surface area contributed by atoms with Gasteiger partial charge in [0.1, 0.15) is 22.5 Å². The minimum atomic E-state index is 0.343. The molecule has 0 atom stereocenters. The van der Waals surface area contributed by atoms with Gasteiger partial charge >= 0.3 is 0 Å². The molecule has 0 unspecified atom stereocenters. The summed E-state index contributed by atoms with van der Waals surface area (Å²) in [6, 6.07) is 12.2. The zero-order valence-corrected chi connectivity index (χ0v) is 21.6. The number of phenols is 1. The van der Waals surface area contributed by atoms with Crippen LogP contribution in [0.3, 0.4) is 0 Å². The molecule has 3 aromatic rings. The minimum absolute atomic E-state index is 0.343. The Morgan fingerprint density at radius 2 is 1.15 bits per heavy atom. The van der Waals surface area contributed by atoms with Gasteiger partial charge in [-0.05, 0) is 55.0 Å². The first kappa shape index (κ1) is 26.2. The van der Waals surface area contributed by atoms with E-state index < -0.39 is 0 Å². The lowest BCUT2D eigenvalue weighted by atomic mass is 9.98. The van der Waals surface area contributed by atoms with Gasteiger partial charge in [-0.25, -0.2) is 0 Å². The zero-order chi connectivity index (χ0) is 24.0. The highest BCUT2D eigenvalue weighted by Crippen LogP contribution is 2.30. The number of unbranched alkanes of at least 4 members (excludes halogenated alkanes) is 12. The summed E-state index contributed by atoms with van der Waals surface area (Å²) in [6.45, 7) is 4.53. The van der Waals surface area contributed by atoms with Crippen LogP contribution in [0.2, 0.25) is 0 Å². The van der Waals surface area contributed by atoms with Crippen LogP contribution in [0.4, 0.5) is 0 Å². The average molecular weight is 464 g/mol. The van der Waals surface area contributed by atoms with Crippen molar-refractivity contribution in [3.63, 3.8) is 0 Å². The maximum atomic E-state index is 11.2. The smallest absolute Gasteiger partial charge is 0.146 e. The van der Waals surface area contributed by atoms with Crippen LogP contribution < -0.4 is 0 Å². The highest BCUT2D eigenvalue weighted by atomic mass is 16.3. The van der Waals surface area contributed by atoms with Crippen molar-refractivity contribution in [3.05, 3.63) is 47.5 Å². The van der Waals surface area contributed by atoms with Gasteiger partial charge < -0.3 is 5.11 Å². The van der Waals surface area contributed by atoms with Crippen LogP contribution in [0.15, 0.2) is 36.4 Å². The van der Waals surface area contributed by atoms with E-state index >= 15 is 0 Å². The molecule has 34 heavy (non-hydrogen) atoms. The standard InChI is InChI=1S/C30H45N3O/c1-3-5-7-9-11-12-14-16-20-26-23-25(19-15-13-10-8-6-4-2)24-29(30(26)34)33-31-27-21-17-18-22-28(27)32-33/h17-18,21-24,34H,3-16,19-20H2,1-2H3. The van der Waals surface area contributed by atoms with Crippen molar-refractivity contribution in [3.8, 4) is 11.4 Å². The van der Waals surface area contributed by atoms with Crippen LogP contribution in [0.25, 0.3) is 16.7 Å². The summed E-state index contributed by atoms with van der Waals surface area (Å²) in [4.78, 5) is 1.63. The summed E-state index contributed by atoms with van der Waals surface area (Å²) in [5, 5.41) is 20.5. The highest BCUT2D eigenvalue weighted by Gasteiger charge is 2.14. The monoisotopic (exact) mass is 463 g/mol. The number of aryl methyl sites for hydroxylation is 2. The van der Waals surface area contributed by atoms with E-state index in [1.165, 1.54) is 89.0 Å². The van der Waals surface area contributed by atoms with Crippen LogP contribution >= 0.6 is 0 Å². The Hall–Kier alpha value is -2.36. The van der Waals surface area contributed by atoms with Crippen molar-refractivity contribution in [1.29, 1.82) is 0 Å². The molecule has 0 amide bonds. The molecular formula is C30H45N3O. The number of hydrogen-bond donors (Lipinski definition) is 1. The fraction of sp³-hybridized carbons (Fsp3) is 0.600. The summed E-state index contributed by atoms with van der Waals surface area (Å²) < 4.78 is 0. The number of hydrogen-bond acceptors (Lipinski definition) is 3. The van der Waals surface area contributed by atoms with Crippen molar-refractivity contribution in [2.75, 3.05) is 0 Å². The number of benzene rings is 2. The molecule has 1 heterocycles. The van der Waals surface area contributed by atoms with Gasteiger partial charge in [-0.15, -0.1) is 15.0 Å². The molecule has 0 fully saturated rings. The van der Waals surface area contributed by atoms with Crippen LogP contribution in [0.1, 0.15) is 115 Å². The van der Waals surface area contributed by atoms with Crippen molar-refractivity contribution in [2.24, 2.45) is 0 Å². The van der Waals surface area contributed by atoms with Gasteiger partial charge in [-0.3, -0.25) is 0 Å². The van der Waals surface area contributed by atoms with Crippen LogP contribution in [0, 0.1) is 0 Å². The quantitative estimate of drug-likeness (QED) is 0.204. The molecule has 0 aliphatic heterocycles. The lowest BCUT2D eigenvalue weighted by Gasteiger charge is -2.13. The normalized spacial score (nSPS) is 11.5. The molecule has 186 valence electrons. The lowest BCUT2D eigenvalue weighted by molar-refractivity contribution is 0.458. The molecule has 0 saturated heterocycles. The second-order valence-corrected chi connectivity index (χ2v) is 9.84. The van der Waals surface area contributed by atoms with E-state index in [9.17, 15) is 5.11 Å². The summed E-state index contributed by atoms with van der Waals surface area (Å²) in [6.07, 6.45) is 20.1. The largest absolute Gasteiger partial charge is 0.505 e. The predicted molar refractivity (Wildman–Crippen MR) is 144 cm³/mol. The number of phenolic OH excluding ortho intramolecular Hbond substituents is 1. The van der Waals surface area contributed by atoms with Crippen molar-refractivity contribution in [2.45, 2.75) is 117 Å². The molecule has 0 bridgehead atoms. The Labute approximate surface area is 206 Å². The first-order valence-electron chi connectivity index (χ1n) is 13.9. The van der Waals surface area contributed by atoms with Gasteiger partial charge in [-0.2, -0.15) is 0 Å². The van der Waals surface area contributed by atoms with Crippen molar-refractivity contribution in [1.82, 2.24) is 15.0 Å². The van der Waals surface area contributed by atoms with Crippen LogP contribution in [-0.2, 0) is 12.8 Å². The molecule has 0 radical (unpaired) electrons. The molecule has 3 rings (SSSR count). The number of fused-ring (bicyclic) bond motifs is 1. The molecular weight excluding hydrogens is 418 g/mol. The summed E-state index contributed by atoms with van der Waals surface area (Å²) in [5.74, 6) is 0.343. The third-order valence-electron chi connectivity index (χ3n) is 6.85. The van der Waals surface area contributed by atoms with E-state index in [1.54, 1.807) is 4.80 Å². The second-order valence-electron chi connectivity index (χ2n) is 9.84. The van der Waals surface area contributed by atoms with E-state index in [4.69, 9.17) is 0 Å². The first-order valence-corrected chi connectivity index (χ1v) is 13.9. The average Bonchev–Trinajstić information content (AvgIpc) is 3.28. The van der Waals surface area contributed by atoms with Gasteiger partial charge in [0.25, 0.3) is 0 Å². The lowest BCUT2D eigenvalue weighted by Crippen LogP contribution is -2.03. The fourth-order valence-electron chi connectivity index (χ4n) is 4.76. The van der Waals surface area contributed by atoms with Crippen molar-refractivity contribution >= 4 is 11.0 Å². The Bertz CT molecular complexity index is 945. The second kappa shape index (κ2) is 14.8. The topological polar surface area (TPSA) is 50.9 Å². The maximum Gasteiger partial charge on any atom is 0.146 e. The summed E-state index contributed by atoms with van der Waals surface area (Å²) >= 11 is 0. The van der Waals surface area contributed by atoms with E-state index in [2.05, 4.69) is 36.2 Å². The summed E-state index contributed by atoms with van der Waals surface area (Å²) in [7, 11) is 0. The minimum Gasteiger partial charge on any atom is -0.505 e. The molecule has 4 nitrogen and oxygen atoms in total. The summed E-state index contributed by atoms with van der Waals surface area (Å²) in [5.41, 5.74) is 4.76. The van der Waals surface area contributed by atoms with E-state index in [-0.39, 0.29) is 0 Å². The Morgan fingerprint density at radius 3 is 1.71 bits per heavy atom. The van der Waals surface area contributed by atoms with Gasteiger partial charge in [0.15, 0.2) is 0 Å². The highest BCUT2D eigenvalue weighted by molar-refractivity contribution is 5.73. The van der Waals surface area contributed by atoms with Gasteiger partial charge in [-0.1, -0.05) is 109 Å². The molecule has 1 aromatic heterocycles. The van der Waals surface area contributed by atoms with Gasteiger partial charge in [0.2, 0.25) is 0 Å². The third-order valence-corrected chi connectivity index (χ3v) is 6.85.